The Morgan fingerprint density at radius 2 is 1.92 bits per heavy atom. The van der Waals surface area contributed by atoms with Crippen LogP contribution < -0.4 is 4.90 Å². The molecule has 4 rings (SSSR count). The molecule has 124 valence electrons. The van der Waals surface area contributed by atoms with Crippen LogP contribution in [0.5, 0.6) is 0 Å². The van der Waals surface area contributed by atoms with Crippen LogP contribution in [0.15, 0.2) is 67.3 Å². The zero-order valence-electron chi connectivity index (χ0n) is 13.2. The Labute approximate surface area is 143 Å². The van der Waals surface area contributed by atoms with Crippen molar-refractivity contribution in [2.75, 3.05) is 11.4 Å². The highest BCUT2D eigenvalue weighted by Crippen LogP contribution is 2.53. The summed E-state index contributed by atoms with van der Waals surface area (Å²) in [6, 6.07) is 13.1. The molecule has 2 heterocycles. The molecule has 0 aliphatic carbocycles. The molecule has 1 amide bonds. The lowest BCUT2D eigenvalue weighted by Gasteiger charge is -2.26. The van der Waals surface area contributed by atoms with Crippen molar-refractivity contribution in [2.24, 2.45) is 0 Å². The highest BCUT2D eigenvalue weighted by molar-refractivity contribution is 6.20. The van der Waals surface area contributed by atoms with E-state index in [4.69, 9.17) is 4.74 Å². The van der Waals surface area contributed by atoms with Crippen LogP contribution in [0, 0.1) is 5.82 Å². The maximum Gasteiger partial charge on any atom is 0.332 e. The Morgan fingerprint density at radius 3 is 2.64 bits per heavy atom. The minimum Gasteiger partial charge on any atom is -0.436 e. The van der Waals surface area contributed by atoms with Gasteiger partial charge in [0.25, 0.3) is 5.91 Å². The van der Waals surface area contributed by atoms with E-state index in [0.717, 1.165) is 0 Å². The summed E-state index contributed by atoms with van der Waals surface area (Å²) in [6.07, 6.45) is 2.88. The van der Waals surface area contributed by atoms with E-state index in [1.807, 2.05) is 6.07 Å². The van der Waals surface area contributed by atoms with Crippen LogP contribution in [0.2, 0.25) is 0 Å². The molecule has 0 unspecified atom stereocenters. The highest BCUT2D eigenvalue weighted by Gasteiger charge is 2.59. The number of ether oxygens (including phenoxy) is 1. The minimum absolute atomic E-state index is 0.235. The van der Waals surface area contributed by atoms with Gasteiger partial charge in [-0.2, -0.15) is 0 Å². The third-order valence-corrected chi connectivity index (χ3v) is 4.47. The van der Waals surface area contributed by atoms with E-state index in [-0.39, 0.29) is 6.54 Å². The number of hydrogen-bond donors (Lipinski definition) is 0. The van der Waals surface area contributed by atoms with E-state index in [2.05, 4.69) is 6.58 Å². The van der Waals surface area contributed by atoms with Gasteiger partial charge in [-0.3, -0.25) is 4.79 Å². The number of fused-ring (bicyclic) bond motifs is 2. The van der Waals surface area contributed by atoms with Gasteiger partial charge < -0.3 is 9.64 Å². The Morgan fingerprint density at radius 1 is 1.16 bits per heavy atom. The van der Waals surface area contributed by atoms with Crippen molar-refractivity contribution in [3.8, 4) is 0 Å². The van der Waals surface area contributed by atoms with Crippen LogP contribution in [0.4, 0.5) is 10.1 Å². The van der Waals surface area contributed by atoms with Crippen LogP contribution in [0.25, 0.3) is 5.57 Å². The van der Waals surface area contributed by atoms with Gasteiger partial charge in [-0.05, 0) is 23.8 Å². The second-order valence-electron chi connectivity index (χ2n) is 5.89. The molecule has 0 bridgehead atoms. The van der Waals surface area contributed by atoms with Gasteiger partial charge in [0.1, 0.15) is 5.82 Å². The van der Waals surface area contributed by atoms with E-state index in [0.29, 0.717) is 22.4 Å². The number of esters is 1. The maximum absolute atomic E-state index is 14.0. The molecular formula is C20H14FNO3. The summed E-state index contributed by atoms with van der Waals surface area (Å²) < 4.78 is 19.5. The number of hydrogen-bond acceptors (Lipinski definition) is 3. The molecule has 2 aliphatic rings. The molecule has 1 atom stereocenters. The average molecular weight is 335 g/mol. The lowest BCUT2D eigenvalue weighted by molar-refractivity contribution is -0.153. The molecule has 0 aromatic heterocycles. The van der Waals surface area contributed by atoms with Gasteiger partial charge in [0.05, 0.1) is 5.69 Å². The predicted molar refractivity (Wildman–Crippen MR) is 91.1 cm³/mol. The smallest absolute Gasteiger partial charge is 0.332 e. The Bertz CT molecular complexity index is 935. The Hall–Kier alpha value is -3.21. The van der Waals surface area contributed by atoms with Gasteiger partial charge in [-0.1, -0.05) is 36.4 Å². The second-order valence-corrected chi connectivity index (χ2v) is 5.89. The van der Waals surface area contributed by atoms with Gasteiger partial charge >= 0.3 is 5.97 Å². The third-order valence-electron chi connectivity index (χ3n) is 4.47. The lowest BCUT2D eigenvalue weighted by atomic mass is 9.84. The molecule has 0 radical (unpaired) electrons. The van der Waals surface area contributed by atoms with E-state index in [9.17, 15) is 14.0 Å². The zero-order chi connectivity index (χ0) is 17.6. The van der Waals surface area contributed by atoms with Gasteiger partial charge in [-0.15, -0.1) is 6.58 Å². The van der Waals surface area contributed by atoms with Crippen molar-refractivity contribution in [1.29, 1.82) is 0 Å². The molecule has 2 aliphatic heterocycles. The molecule has 0 saturated heterocycles. The van der Waals surface area contributed by atoms with Crippen LogP contribution in [0.1, 0.15) is 11.1 Å². The quantitative estimate of drug-likeness (QED) is 0.639. The fourth-order valence-electron chi connectivity index (χ4n) is 3.47. The first kappa shape index (κ1) is 15.3. The Balaban J connectivity index is 1.99. The van der Waals surface area contributed by atoms with E-state index < -0.39 is 23.3 Å². The number of nitrogens with zero attached hydrogens (tertiary/aromatic N) is 1. The molecule has 0 fully saturated rings. The number of anilines is 1. The summed E-state index contributed by atoms with van der Waals surface area (Å²) in [7, 11) is 0. The summed E-state index contributed by atoms with van der Waals surface area (Å²) in [5.74, 6) is -1.54. The fraction of sp³-hybridized carbons (Fsp3) is 0.100. The van der Waals surface area contributed by atoms with E-state index in [1.54, 1.807) is 30.3 Å². The van der Waals surface area contributed by atoms with E-state index in [1.165, 1.54) is 29.2 Å². The molecule has 1 spiro atoms. The summed E-state index contributed by atoms with van der Waals surface area (Å²) in [6.45, 7) is 3.90. The lowest BCUT2D eigenvalue weighted by Crippen LogP contribution is -2.42. The number of amides is 1. The summed E-state index contributed by atoms with van der Waals surface area (Å²) in [5, 5.41) is 0. The normalized spacial score (nSPS) is 21.3. The molecule has 0 N–H and O–H groups in total. The summed E-state index contributed by atoms with van der Waals surface area (Å²) in [5.41, 5.74) is 0.292. The first-order chi connectivity index (χ1) is 12.1. The monoisotopic (exact) mass is 335 g/mol. The first-order valence-electron chi connectivity index (χ1n) is 7.81. The number of carbonyl (C=O) groups excluding carboxylic acids is 2. The number of halogens is 1. The molecule has 25 heavy (non-hydrogen) atoms. The molecule has 5 heteroatoms. The largest absolute Gasteiger partial charge is 0.436 e. The standard InChI is InChI=1S/C20H14FNO3/c1-2-10-22-17-9-8-14(21)11-16(17)20(19(22)24)15(12-18(23)25-20)13-6-4-3-5-7-13/h2-9,11-12H,1,10H2/t20-/m1/s1. The maximum atomic E-state index is 14.0. The summed E-state index contributed by atoms with van der Waals surface area (Å²) >= 11 is 0. The summed E-state index contributed by atoms with van der Waals surface area (Å²) in [4.78, 5) is 26.8. The molecule has 2 aromatic carbocycles. The fourth-order valence-corrected chi connectivity index (χ4v) is 3.47. The first-order valence-corrected chi connectivity index (χ1v) is 7.81. The van der Waals surface area contributed by atoms with Crippen molar-refractivity contribution < 1.29 is 18.7 Å². The zero-order valence-corrected chi connectivity index (χ0v) is 13.2. The third kappa shape index (κ3) is 2.05. The van der Waals surface area contributed by atoms with Crippen LogP contribution in [-0.2, 0) is 19.9 Å². The van der Waals surface area contributed by atoms with Crippen LogP contribution >= 0.6 is 0 Å². The van der Waals surface area contributed by atoms with Crippen LogP contribution in [0.3, 0.4) is 0 Å². The van der Waals surface area contributed by atoms with Gasteiger partial charge in [0.2, 0.25) is 5.60 Å². The second kappa shape index (κ2) is 5.41. The number of rotatable bonds is 3. The highest BCUT2D eigenvalue weighted by atomic mass is 19.1. The average Bonchev–Trinajstić information content (AvgIpc) is 3.08. The molecule has 2 aromatic rings. The predicted octanol–water partition coefficient (Wildman–Crippen LogP) is 3.19. The Kier molecular flexibility index (Phi) is 3.32. The van der Waals surface area contributed by atoms with Crippen molar-refractivity contribution in [2.45, 2.75) is 5.60 Å². The topological polar surface area (TPSA) is 46.6 Å². The molecule has 0 saturated carbocycles. The number of benzene rings is 2. The van der Waals surface area contributed by atoms with Gasteiger partial charge in [0.15, 0.2) is 0 Å². The molecule has 4 nitrogen and oxygen atoms in total. The SMILES string of the molecule is C=CCN1C(=O)[C@]2(OC(=O)C=C2c2ccccc2)c2cc(F)ccc21. The van der Waals surface area contributed by atoms with Crippen molar-refractivity contribution in [1.82, 2.24) is 0 Å². The van der Waals surface area contributed by atoms with Crippen LogP contribution in [-0.4, -0.2) is 18.4 Å². The van der Waals surface area contributed by atoms with Crippen molar-refractivity contribution in [3.05, 3.63) is 84.2 Å². The molecular weight excluding hydrogens is 321 g/mol. The van der Waals surface area contributed by atoms with Crippen molar-refractivity contribution in [3.63, 3.8) is 0 Å². The van der Waals surface area contributed by atoms with Gasteiger partial charge in [0, 0.05) is 23.8 Å². The minimum atomic E-state index is -1.65. The van der Waals surface area contributed by atoms with E-state index >= 15 is 0 Å². The number of carbonyl (C=O) groups is 2. The van der Waals surface area contributed by atoms with Gasteiger partial charge in [-0.25, -0.2) is 9.18 Å². The van der Waals surface area contributed by atoms with Crippen molar-refractivity contribution >= 4 is 23.1 Å².